The topological polar surface area (TPSA) is 114 Å². The average molecular weight is 485 g/mol. The lowest BCUT2D eigenvalue weighted by atomic mass is 9.86. The van der Waals surface area contributed by atoms with E-state index in [1.807, 2.05) is 0 Å². The highest BCUT2D eigenvalue weighted by molar-refractivity contribution is 5.81. The maximum absolute atomic E-state index is 15.0. The van der Waals surface area contributed by atoms with Crippen molar-refractivity contribution in [1.29, 1.82) is 0 Å². The molecule has 1 saturated carbocycles. The summed E-state index contributed by atoms with van der Waals surface area (Å²) in [6, 6.07) is 2.45. The molecular formula is C24H29FN6O4. The summed E-state index contributed by atoms with van der Waals surface area (Å²) < 4.78 is 27.4. The second-order valence-electron chi connectivity index (χ2n) is 9.04. The van der Waals surface area contributed by atoms with Crippen LogP contribution in [0.5, 0.6) is 11.5 Å². The van der Waals surface area contributed by atoms with E-state index in [1.54, 1.807) is 11.7 Å². The Bertz CT molecular complexity index is 1310. The van der Waals surface area contributed by atoms with Gasteiger partial charge in [-0.3, -0.25) is 4.79 Å². The Hall–Kier alpha value is -3.47. The summed E-state index contributed by atoms with van der Waals surface area (Å²) in [5.74, 6) is -0.418. The number of ether oxygens (including phenoxy) is 2. The average Bonchev–Trinajstić information content (AvgIpc) is 3.23. The van der Waals surface area contributed by atoms with Crippen LogP contribution in [-0.4, -0.2) is 64.0 Å². The number of rotatable bonds is 4. The van der Waals surface area contributed by atoms with Crippen molar-refractivity contribution in [1.82, 2.24) is 30.0 Å². The molecule has 1 aliphatic heterocycles. The van der Waals surface area contributed by atoms with Crippen LogP contribution in [0.25, 0.3) is 22.4 Å². The molecule has 10 nitrogen and oxygen atoms in total. The van der Waals surface area contributed by atoms with Crippen molar-refractivity contribution >= 4 is 17.1 Å². The fourth-order valence-corrected chi connectivity index (χ4v) is 4.95. The van der Waals surface area contributed by atoms with Gasteiger partial charge in [-0.25, -0.2) is 18.9 Å². The number of benzene rings is 1. The Balaban J connectivity index is 1.50. The number of piperazine rings is 1. The fraction of sp³-hybridized carbons (Fsp3) is 0.500. The minimum absolute atomic E-state index is 0.149. The number of carbonyl (C=O) groups is 1. The summed E-state index contributed by atoms with van der Waals surface area (Å²) in [5, 5.41) is 8.24. The predicted molar refractivity (Wildman–Crippen MR) is 127 cm³/mol. The van der Waals surface area contributed by atoms with Gasteiger partial charge in [0.2, 0.25) is 0 Å². The van der Waals surface area contributed by atoms with Gasteiger partial charge in [-0.1, -0.05) is 19.3 Å². The van der Waals surface area contributed by atoms with E-state index in [9.17, 15) is 9.59 Å². The van der Waals surface area contributed by atoms with Crippen LogP contribution in [0.15, 0.2) is 16.9 Å². The van der Waals surface area contributed by atoms with Crippen LogP contribution >= 0.6 is 0 Å². The van der Waals surface area contributed by atoms with E-state index in [4.69, 9.17) is 9.47 Å². The number of H-pyrrole nitrogens is 1. The zero-order valence-corrected chi connectivity index (χ0v) is 19.9. The highest BCUT2D eigenvalue weighted by Crippen LogP contribution is 2.36. The third-order valence-corrected chi connectivity index (χ3v) is 6.79. The highest BCUT2D eigenvalue weighted by Gasteiger charge is 2.26. The second-order valence-corrected chi connectivity index (χ2v) is 9.04. The summed E-state index contributed by atoms with van der Waals surface area (Å²) >= 11 is 0. The van der Waals surface area contributed by atoms with Gasteiger partial charge in [0.05, 0.1) is 18.4 Å². The SMILES string of the molecule is COc1cc(OC(=O)N2CCNCC2)c(F)cc1-c1nc2c(c(C3CCCCC3)nn2C)c(=O)[nH]1. The summed E-state index contributed by atoms with van der Waals surface area (Å²) in [5.41, 5.74) is 1.12. The van der Waals surface area contributed by atoms with Crippen molar-refractivity contribution in [3.05, 3.63) is 34.0 Å². The third kappa shape index (κ3) is 4.47. The second kappa shape index (κ2) is 9.65. The Kier molecular flexibility index (Phi) is 6.42. The molecule has 3 aromatic rings. The number of methoxy groups -OCH3 is 1. The molecule has 35 heavy (non-hydrogen) atoms. The molecular weight excluding hydrogens is 455 g/mol. The summed E-state index contributed by atoms with van der Waals surface area (Å²) in [7, 11) is 3.17. The quantitative estimate of drug-likeness (QED) is 0.585. The molecule has 0 unspecified atom stereocenters. The van der Waals surface area contributed by atoms with Crippen molar-refractivity contribution in [3.8, 4) is 22.9 Å². The number of carbonyl (C=O) groups excluding carboxylic acids is 1. The standard InChI is InChI=1S/C24H29FN6O4/c1-30-22-19(20(29-30)14-6-4-3-5-7-14)23(32)28-21(27-22)15-12-16(25)18(13-17(15)34-2)35-24(33)31-10-8-26-9-11-31/h12-14,26H,3-11H2,1-2H3,(H,27,28,32). The van der Waals surface area contributed by atoms with Crippen LogP contribution in [0.3, 0.4) is 0 Å². The lowest BCUT2D eigenvalue weighted by Crippen LogP contribution is -2.47. The van der Waals surface area contributed by atoms with Crippen molar-refractivity contribution < 1.29 is 18.7 Å². The first kappa shape index (κ1) is 23.3. The molecule has 3 heterocycles. The lowest BCUT2D eigenvalue weighted by molar-refractivity contribution is 0.144. The van der Waals surface area contributed by atoms with E-state index in [-0.39, 0.29) is 34.4 Å². The van der Waals surface area contributed by atoms with Gasteiger partial charge in [-0.2, -0.15) is 5.10 Å². The molecule has 1 amide bonds. The minimum Gasteiger partial charge on any atom is -0.496 e. The molecule has 186 valence electrons. The predicted octanol–water partition coefficient (Wildman–Crippen LogP) is 2.92. The molecule has 11 heteroatoms. The Labute approximate surface area is 201 Å². The van der Waals surface area contributed by atoms with Crippen molar-refractivity contribution in [2.45, 2.75) is 38.0 Å². The number of hydrogen-bond donors (Lipinski definition) is 2. The van der Waals surface area contributed by atoms with E-state index >= 15 is 4.39 Å². The van der Waals surface area contributed by atoms with Gasteiger partial charge in [-0.05, 0) is 18.9 Å². The number of amides is 1. The van der Waals surface area contributed by atoms with Crippen LogP contribution < -0.4 is 20.3 Å². The van der Waals surface area contributed by atoms with Gasteiger partial charge in [0.1, 0.15) is 17.0 Å². The smallest absolute Gasteiger partial charge is 0.415 e. The number of aromatic nitrogens is 4. The lowest BCUT2D eigenvalue weighted by Gasteiger charge is -2.26. The summed E-state index contributed by atoms with van der Waals surface area (Å²) in [4.78, 5) is 34.5. The first-order valence-corrected chi connectivity index (χ1v) is 12.0. The van der Waals surface area contributed by atoms with Gasteiger partial charge in [0.15, 0.2) is 17.2 Å². The number of nitrogens with zero attached hydrogens (tertiary/aromatic N) is 4. The molecule has 2 fully saturated rings. The number of fused-ring (bicyclic) bond motifs is 1. The van der Waals surface area contributed by atoms with Crippen LogP contribution in [0.4, 0.5) is 9.18 Å². The molecule has 0 radical (unpaired) electrons. The first-order chi connectivity index (χ1) is 17.0. The molecule has 1 aliphatic carbocycles. The fourth-order valence-electron chi connectivity index (χ4n) is 4.95. The summed E-state index contributed by atoms with van der Waals surface area (Å²) in [6.45, 7) is 2.26. The van der Waals surface area contributed by atoms with E-state index in [2.05, 4.69) is 20.4 Å². The normalized spacial score (nSPS) is 17.1. The molecule has 0 bridgehead atoms. The van der Waals surface area contributed by atoms with E-state index in [0.29, 0.717) is 37.2 Å². The van der Waals surface area contributed by atoms with Crippen LogP contribution in [-0.2, 0) is 7.05 Å². The molecule has 5 rings (SSSR count). The zero-order chi connectivity index (χ0) is 24.5. The molecule has 0 atom stereocenters. The van der Waals surface area contributed by atoms with Gasteiger partial charge in [-0.15, -0.1) is 0 Å². The monoisotopic (exact) mass is 484 g/mol. The van der Waals surface area contributed by atoms with E-state index in [1.165, 1.54) is 24.5 Å². The van der Waals surface area contributed by atoms with Crippen molar-refractivity contribution in [2.75, 3.05) is 33.3 Å². The Morgan fingerprint density at radius 3 is 2.60 bits per heavy atom. The number of halogens is 1. The van der Waals surface area contributed by atoms with Gasteiger partial charge in [0.25, 0.3) is 5.56 Å². The van der Waals surface area contributed by atoms with E-state index in [0.717, 1.165) is 37.4 Å². The Morgan fingerprint density at radius 2 is 1.89 bits per heavy atom. The van der Waals surface area contributed by atoms with Crippen molar-refractivity contribution in [3.63, 3.8) is 0 Å². The van der Waals surface area contributed by atoms with Gasteiger partial charge < -0.3 is 24.7 Å². The third-order valence-electron chi connectivity index (χ3n) is 6.79. The number of hydrogen-bond acceptors (Lipinski definition) is 7. The van der Waals surface area contributed by atoms with Gasteiger partial charge >= 0.3 is 6.09 Å². The van der Waals surface area contributed by atoms with E-state index < -0.39 is 11.9 Å². The molecule has 2 N–H and O–H groups in total. The largest absolute Gasteiger partial charge is 0.496 e. The summed E-state index contributed by atoms with van der Waals surface area (Å²) in [6.07, 6.45) is 4.81. The van der Waals surface area contributed by atoms with Crippen molar-refractivity contribution in [2.24, 2.45) is 7.05 Å². The van der Waals surface area contributed by atoms with Crippen LogP contribution in [0.2, 0.25) is 0 Å². The zero-order valence-electron chi connectivity index (χ0n) is 19.9. The van der Waals surface area contributed by atoms with Crippen LogP contribution in [0, 0.1) is 5.82 Å². The number of aryl methyl sites for hydroxylation is 1. The highest BCUT2D eigenvalue weighted by atomic mass is 19.1. The number of aromatic amines is 1. The van der Waals surface area contributed by atoms with Gasteiger partial charge in [0, 0.05) is 45.2 Å². The van der Waals surface area contributed by atoms with Crippen LogP contribution in [0.1, 0.15) is 43.7 Å². The maximum atomic E-state index is 15.0. The molecule has 1 aromatic carbocycles. The molecule has 2 aromatic heterocycles. The molecule has 0 spiro atoms. The Morgan fingerprint density at radius 1 is 1.14 bits per heavy atom. The molecule has 2 aliphatic rings. The number of nitrogens with one attached hydrogen (secondary N) is 2. The first-order valence-electron chi connectivity index (χ1n) is 12.0. The minimum atomic E-state index is -0.764. The molecule has 1 saturated heterocycles. The maximum Gasteiger partial charge on any atom is 0.415 e.